The summed E-state index contributed by atoms with van der Waals surface area (Å²) < 4.78 is 11.0. The zero-order valence-electron chi connectivity index (χ0n) is 19.0. The third kappa shape index (κ3) is 4.21. The zero-order valence-corrected chi connectivity index (χ0v) is 19.0. The highest BCUT2D eigenvalue weighted by molar-refractivity contribution is 6.45. The fourth-order valence-electron chi connectivity index (χ4n) is 4.04. The molecule has 2 aliphatic rings. The van der Waals surface area contributed by atoms with Crippen LogP contribution in [0.15, 0.2) is 54.2 Å². The molecule has 0 spiro atoms. The van der Waals surface area contributed by atoms with Crippen LogP contribution in [0, 0.1) is 0 Å². The van der Waals surface area contributed by atoms with E-state index in [4.69, 9.17) is 9.47 Å². The molecule has 1 saturated heterocycles. The van der Waals surface area contributed by atoms with E-state index in [-0.39, 0.29) is 17.9 Å². The number of piperazine rings is 1. The average Bonchev–Trinajstić information content (AvgIpc) is 3.05. The minimum atomic E-state index is -0.313. The van der Waals surface area contributed by atoms with Crippen LogP contribution >= 0.6 is 0 Å². The Morgan fingerprint density at radius 2 is 1.41 bits per heavy atom. The van der Waals surface area contributed by atoms with Gasteiger partial charge in [-0.05, 0) is 62.9 Å². The molecule has 32 heavy (non-hydrogen) atoms. The smallest absolute Gasteiger partial charge is 0.282 e. The summed E-state index contributed by atoms with van der Waals surface area (Å²) in [4.78, 5) is 32.7. The molecule has 2 aromatic rings. The van der Waals surface area contributed by atoms with Crippen molar-refractivity contribution in [2.24, 2.45) is 0 Å². The number of imide groups is 1. The van der Waals surface area contributed by atoms with Gasteiger partial charge in [-0.25, -0.2) is 4.90 Å². The number of hydrogen-bond acceptors (Lipinski definition) is 6. The van der Waals surface area contributed by atoms with Crippen LogP contribution in [0.2, 0.25) is 0 Å². The summed E-state index contributed by atoms with van der Waals surface area (Å²) >= 11 is 0. The van der Waals surface area contributed by atoms with Crippen LogP contribution < -0.4 is 14.4 Å². The van der Waals surface area contributed by atoms with Crippen LogP contribution in [0.25, 0.3) is 5.57 Å². The maximum atomic E-state index is 13.6. The molecule has 0 aliphatic carbocycles. The molecule has 7 nitrogen and oxygen atoms in total. The Morgan fingerprint density at radius 1 is 0.812 bits per heavy atom. The van der Waals surface area contributed by atoms with Crippen LogP contribution in [0.5, 0.6) is 11.5 Å². The van der Waals surface area contributed by atoms with E-state index in [2.05, 4.69) is 11.9 Å². The van der Waals surface area contributed by atoms with Gasteiger partial charge in [0.25, 0.3) is 11.8 Å². The van der Waals surface area contributed by atoms with Crippen LogP contribution in [0.1, 0.15) is 19.4 Å². The number of likely N-dealkylation sites (N-methyl/N-ethyl adjacent to an activating group) is 1. The van der Waals surface area contributed by atoms with E-state index < -0.39 is 0 Å². The SMILES string of the molecule is COc1ccc(C2=C(N3CCN(C)CC3)C(=O)N(c3ccc(OC(C)C)cc3)C2=O)cc1. The summed E-state index contributed by atoms with van der Waals surface area (Å²) in [7, 11) is 3.66. The third-order valence-corrected chi connectivity index (χ3v) is 5.72. The van der Waals surface area contributed by atoms with E-state index in [0.29, 0.717) is 47.1 Å². The molecule has 0 radical (unpaired) electrons. The number of anilines is 1. The van der Waals surface area contributed by atoms with Crippen molar-refractivity contribution < 1.29 is 19.1 Å². The molecule has 0 atom stereocenters. The Hall–Kier alpha value is -3.32. The lowest BCUT2D eigenvalue weighted by molar-refractivity contribution is -0.120. The minimum absolute atomic E-state index is 0.0445. The first-order valence-electron chi connectivity index (χ1n) is 10.9. The Bertz CT molecular complexity index is 1020. The quantitative estimate of drug-likeness (QED) is 0.650. The van der Waals surface area contributed by atoms with Gasteiger partial charge in [-0.15, -0.1) is 0 Å². The zero-order chi connectivity index (χ0) is 22.8. The number of methoxy groups -OCH3 is 1. The largest absolute Gasteiger partial charge is 0.497 e. The Balaban J connectivity index is 1.72. The first-order chi connectivity index (χ1) is 15.4. The highest BCUT2D eigenvalue weighted by atomic mass is 16.5. The molecular formula is C25H29N3O4. The van der Waals surface area contributed by atoms with Crippen molar-refractivity contribution in [3.63, 3.8) is 0 Å². The van der Waals surface area contributed by atoms with Gasteiger partial charge in [0.15, 0.2) is 0 Å². The molecule has 4 rings (SSSR count). The number of carbonyl (C=O) groups excluding carboxylic acids is 2. The molecule has 0 unspecified atom stereocenters. The van der Waals surface area contributed by atoms with Gasteiger partial charge in [0.05, 0.1) is 24.5 Å². The molecule has 2 amide bonds. The molecule has 0 bridgehead atoms. The molecular weight excluding hydrogens is 406 g/mol. The van der Waals surface area contributed by atoms with Crippen LogP contribution in [0.4, 0.5) is 5.69 Å². The van der Waals surface area contributed by atoms with Crippen molar-refractivity contribution in [2.45, 2.75) is 20.0 Å². The number of nitrogens with zero attached hydrogens (tertiary/aromatic N) is 3. The van der Waals surface area contributed by atoms with Gasteiger partial charge in [-0.2, -0.15) is 0 Å². The molecule has 0 N–H and O–H groups in total. The maximum Gasteiger partial charge on any atom is 0.282 e. The number of amides is 2. The highest BCUT2D eigenvalue weighted by Gasteiger charge is 2.42. The normalized spacial score (nSPS) is 17.5. The topological polar surface area (TPSA) is 62.3 Å². The summed E-state index contributed by atoms with van der Waals surface area (Å²) in [6.07, 6.45) is 0.0445. The molecule has 1 fully saturated rings. The predicted molar refractivity (Wildman–Crippen MR) is 124 cm³/mol. The Morgan fingerprint density at radius 3 is 1.97 bits per heavy atom. The molecule has 0 saturated carbocycles. The van der Waals surface area contributed by atoms with Crippen LogP contribution in [-0.2, 0) is 9.59 Å². The number of ether oxygens (including phenoxy) is 2. The minimum Gasteiger partial charge on any atom is -0.497 e. The second kappa shape index (κ2) is 9.04. The van der Waals surface area contributed by atoms with Crippen molar-refractivity contribution >= 4 is 23.1 Å². The Kier molecular flexibility index (Phi) is 6.19. The fourth-order valence-corrected chi connectivity index (χ4v) is 4.04. The number of carbonyl (C=O) groups is 2. The van der Waals surface area contributed by atoms with Crippen molar-refractivity contribution in [1.82, 2.24) is 9.80 Å². The first-order valence-corrected chi connectivity index (χ1v) is 10.9. The van der Waals surface area contributed by atoms with Gasteiger partial charge < -0.3 is 19.3 Å². The fraction of sp³-hybridized carbons (Fsp3) is 0.360. The predicted octanol–water partition coefficient (Wildman–Crippen LogP) is 3.01. The second-order valence-corrected chi connectivity index (χ2v) is 8.35. The molecule has 168 valence electrons. The van der Waals surface area contributed by atoms with E-state index in [0.717, 1.165) is 13.1 Å². The molecule has 2 aromatic carbocycles. The molecule has 0 aromatic heterocycles. The van der Waals surface area contributed by atoms with E-state index in [1.807, 2.05) is 43.0 Å². The van der Waals surface area contributed by atoms with E-state index in [9.17, 15) is 9.59 Å². The summed E-state index contributed by atoms with van der Waals surface area (Å²) in [6, 6.07) is 14.4. The van der Waals surface area contributed by atoms with Crippen molar-refractivity contribution in [2.75, 3.05) is 45.2 Å². The highest BCUT2D eigenvalue weighted by Crippen LogP contribution is 2.36. The monoisotopic (exact) mass is 435 g/mol. The van der Waals surface area contributed by atoms with Gasteiger partial charge in [0.1, 0.15) is 17.2 Å². The van der Waals surface area contributed by atoms with Gasteiger partial charge in [0, 0.05) is 26.2 Å². The number of hydrogen-bond donors (Lipinski definition) is 0. The summed E-state index contributed by atoms with van der Waals surface area (Å²) in [5.74, 6) is 0.796. The van der Waals surface area contributed by atoms with Gasteiger partial charge in [0.2, 0.25) is 0 Å². The third-order valence-electron chi connectivity index (χ3n) is 5.72. The van der Waals surface area contributed by atoms with Crippen LogP contribution in [0.3, 0.4) is 0 Å². The lowest BCUT2D eigenvalue weighted by Gasteiger charge is -2.34. The van der Waals surface area contributed by atoms with Crippen molar-refractivity contribution in [1.29, 1.82) is 0 Å². The van der Waals surface area contributed by atoms with Gasteiger partial charge in [-0.3, -0.25) is 9.59 Å². The molecule has 7 heteroatoms. The average molecular weight is 436 g/mol. The second-order valence-electron chi connectivity index (χ2n) is 8.35. The summed E-state index contributed by atoms with van der Waals surface area (Å²) in [6.45, 7) is 6.97. The Labute approximate surface area is 188 Å². The maximum absolute atomic E-state index is 13.6. The van der Waals surface area contributed by atoms with Crippen molar-refractivity contribution in [3.8, 4) is 11.5 Å². The molecule has 2 aliphatic heterocycles. The van der Waals surface area contributed by atoms with E-state index in [1.54, 1.807) is 31.4 Å². The lowest BCUT2D eigenvalue weighted by Crippen LogP contribution is -2.46. The first kappa shape index (κ1) is 21.9. The molecule has 2 heterocycles. The standard InChI is InChI=1S/C25H29N3O4/c1-17(2)32-21-11-7-19(8-12-21)28-24(29)22(18-5-9-20(31-4)10-6-18)23(25(28)30)27-15-13-26(3)14-16-27/h5-12,17H,13-16H2,1-4H3. The van der Waals surface area contributed by atoms with E-state index in [1.165, 1.54) is 4.90 Å². The summed E-state index contributed by atoms with van der Waals surface area (Å²) in [5, 5.41) is 0. The van der Waals surface area contributed by atoms with Gasteiger partial charge >= 0.3 is 0 Å². The van der Waals surface area contributed by atoms with Crippen LogP contribution in [-0.4, -0.2) is 68.1 Å². The number of rotatable bonds is 6. The number of benzene rings is 2. The summed E-state index contributed by atoms with van der Waals surface area (Å²) in [5.41, 5.74) is 2.15. The van der Waals surface area contributed by atoms with Gasteiger partial charge in [-0.1, -0.05) is 12.1 Å². The lowest BCUT2D eigenvalue weighted by atomic mass is 10.0. The van der Waals surface area contributed by atoms with Crippen molar-refractivity contribution in [3.05, 3.63) is 59.8 Å². The van der Waals surface area contributed by atoms with E-state index >= 15 is 0 Å².